The summed E-state index contributed by atoms with van der Waals surface area (Å²) in [5.74, 6) is 1.25. The summed E-state index contributed by atoms with van der Waals surface area (Å²) in [6.45, 7) is 1.74. The third-order valence-electron chi connectivity index (χ3n) is 6.42. The zero-order valence-corrected chi connectivity index (χ0v) is 16.9. The van der Waals surface area contributed by atoms with Gasteiger partial charge in [0, 0.05) is 30.3 Å². The molecule has 2 aliphatic rings. The maximum Gasteiger partial charge on any atom is 0.309 e. The summed E-state index contributed by atoms with van der Waals surface area (Å²) in [6.07, 6.45) is 8.31. The molecule has 1 aromatic carbocycles. The van der Waals surface area contributed by atoms with E-state index in [-0.39, 0.29) is 5.92 Å². The SMILES string of the molecule is O=C(O)C1CN(Cc2cc(-c3cc(-c4ccc(C5CCCCC5)cc4)on3)co2)C1. The number of benzene rings is 1. The smallest absolute Gasteiger partial charge is 0.309 e. The molecule has 2 aromatic heterocycles. The Kier molecular flexibility index (Phi) is 5.17. The number of hydrogen-bond donors (Lipinski definition) is 1. The van der Waals surface area contributed by atoms with Crippen LogP contribution in [0, 0.1) is 5.92 Å². The van der Waals surface area contributed by atoms with Crippen LogP contribution in [-0.2, 0) is 11.3 Å². The summed E-state index contributed by atoms with van der Waals surface area (Å²) in [7, 11) is 0. The Morgan fingerprint density at radius 3 is 2.57 bits per heavy atom. The van der Waals surface area contributed by atoms with Crippen LogP contribution in [0.3, 0.4) is 0 Å². The molecule has 0 spiro atoms. The normalized spacial score (nSPS) is 18.4. The average molecular weight is 406 g/mol. The fraction of sp³-hybridized carbons (Fsp3) is 0.417. The summed E-state index contributed by atoms with van der Waals surface area (Å²) < 4.78 is 11.2. The van der Waals surface area contributed by atoms with Gasteiger partial charge in [0.05, 0.1) is 12.5 Å². The fourth-order valence-electron chi connectivity index (χ4n) is 4.58. The molecule has 3 heterocycles. The van der Waals surface area contributed by atoms with E-state index >= 15 is 0 Å². The van der Waals surface area contributed by atoms with Crippen LogP contribution >= 0.6 is 0 Å². The van der Waals surface area contributed by atoms with Gasteiger partial charge in [0.1, 0.15) is 17.7 Å². The second kappa shape index (κ2) is 8.11. The van der Waals surface area contributed by atoms with Gasteiger partial charge in [0.2, 0.25) is 0 Å². The lowest BCUT2D eigenvalue weighted by Gasteiger charge is -2.35. The van der Waals surface area contributed by atoms with Crippen LogP contribution in [0.25, 0.3) is 22.6 Å². The standard InChI is InChI=1S/C24H26N2O4/c27-24(28)20-12-26(13-20)14-21-10-19(15-29-21)22-11-23(30-25-22)18-8-6-17(7-9-18)16-4-2-1-3-5-16/h6-11,15-16,20H,1-5,12-14H2,(H,27,28). The molecule has 0 unspecified atom stereocenters. The maximum absolute atomic E-state index is 10.9. The van der Waals surface area contributed by atoms with Crippen molar-refractivity contribution < 1.29 is 18.8 Å². The third kappa shape index (κ3) is 3.92. The quantitative estimate of drug-likeness (QED) is 0.609. The molecule has 30 heavy (non-hydrogen) atoms. The molecule has 1 saturated heterocycles. The monoisotopic (exact) mass is 406 g/mol. The summed E-state index contributed by atoms with van der Waals surface area (Å²) in [5.41, 5.74) is 4.06. The van der Waals surface area contributed by atoms with Gasteiger partial charge in [-0.2, -0.15) is 0 Å². The molecular weight excluding hydrogens is 380 g/mol. The molecule has 0 amide bonds. The summed E-state index contributed by atoms with van der Waals surface area (Å²) in [5, 5.41) is 13.2. The number of rotatable bonds is 6. The van der Waals surface area contributed by atoms with Gasteiger partial charge in [0.25, 0.3) is 0 Å². The van der Waals surface area contributed by atoms with E-state index in [4.69, 9.17) is 14.0 Å². The third-order valence-corrected chi connectivity index (χ3v) is 6.42. The Labute approximate surface area is 175 Å². The molecule has 1 aliphatic carbocycles. The number of carbonyl (C=O) groups is 1. The largest absolute Gasteiger partial charge is 0.481 e. The number of hydrogen-bond acceptors (Lipinski definition) is 5. The van der Waals surface area contributed by atoms with E-state index in [2.05, 4.69) is 34.3 Å². The highest BCUT2D eigenvalue weighted by atomic mass is 16.5. The molecule has 6 nitrogen and oxygen atoms in total. The first-order chi connectivity index (χ1) is 14.7. The minimum atomic E-state index is -0.728. The molecule has 0 bridgehead atoms. The van der Waals surface area contributed by atoms with E-state index in [1.54, 1.807) is 6.26 Å². The van der Waals surface area contributed by atoms with E-state index in [1.165, 1.54) is 37.7 Å². The second-order valence-corrected chi connectivity index (χ2v) is 8.56. The predicted octanol–water partition coefficient (Wildman–Crippen LogP) is 5.17. The lowest BCUT2D eigenvalue weighted by molar-refractivity contribution is -0.147. The first-order valence-electron chi connectivity index (χ1n) is 10.8. The lowest BCUT2D eigenvalue weighted by atomic mass is 9.84. The topological polar surface area (TPSA) is 79.7 Å². The zero-order valence-electron chi connectivity index (χ0n) is 16.9. The van der Waals surface area contributed by atoms with Gasteiger partial charge in [-0.25, -0.2) is 0 Å². The molecule has 156 valence electrons. The number of carboxylic acid groups (broad SMARTS) is 1. The van der Waals surface area contributed by atoms with Gasteiger partial charge < -0.3 is 14.0 Å². The van der Waals surface area contributed by atoms with Crippen molar-refractivity contribution >= 4 is 5.97 Å². The van der Waals surface area contributed by atoms with Crippen LogP contribution in [0.15, 0.2) is 51.6 Å². The number of likely N-dealkylation sites (tertiary alicyclic amines) is 1. The van der Waals surface area contributed by atoms with Crippen molar-refractivity contribution in [3.63, 3.8) is 0 Å². The molecule has 2 fully saturated rings. The first kappa shape index (κ1) is 19.1. The van der Waals surface area contributed by atoms with Gasteiger partial charge in [-0.05, 0) is 30.4 Å². The van der Waals surface area contributed by atoms with Gasteiger partial charge in [-0.15, -0.1) is 0 Å². The van der Waals surface area contributed by atoms with Crippen LogP contribution in [0.1, 0.15) is 49.3 Å². The Bertz CT molecular complexity index is 1010. The van der Waals surface area contributed by atoms with Crippen LogP contribution < -0.4 is 0 Å². The van der Waals surface area contributed by atoms with E-state index in [1.807, 2.05) is 12.1 Å². The van der Waals surface area contributed by atoms with Crippen LogP contribution in [0.4, 0.5) is 0 Å². The van der Waals surface area contributed by atoms with Crippen molar-refractivity contribution in [2.75, 3.05) is 13.1 Å². The molecule has 6 heteroatoms. The van der Waals surface area contributed by atoms with Crippen LogP contribution in [0.2, 0.25) is 0 Å². The average Bonchev–Trinajstić information content (AvgIpc) is 3.40. The van der Waals surface area contributed by atoms with Crippen molar-refractivity contribution in [1.82, 2.24) is 10.1 Å². The molecular formula is C24H26N2O4. The van der Waals surface area contributed by atoms with Crippen molar-refractivity contribution in [3.8, 4) is 22.6 Å². The highest BCUT2D eigenvalue weighted by Gasteiger charge is 2.32. The molecule has 0 radical (unpaired) electrons. The molecule has 3 aromatic rings. The second-order valence-electron chi connectivity index (χ2n) is 8.56. The number of furan rings is 1. The Hall–Kier alpha value is -2.86. The van der Waals surface area contributed by atoms with Crippen molar-refractivity contribution in [1.29, 1.82) is 0 Å². The molecule has 5 rings (SSSR count). The number of carboxylic acids is 1. The number of aromatic nitrogens is 1. The minimum absolute atomic E-state index is 0.262. The minimum Gasteiger partial charge on any atom is -0.481 e. The number of aliphatic carboxylic acids is 1. The van der Waals surface area contributed by atoms with Gasteiger partial charge in [-0.1, -0.05) is 48.7 Å². The van der Waals surface area contributed by atoms with E-state index < -0.39 is 5.97 Å². The first-order valence-corrected chi connectivity index (χ1v) is 10.8. The summed E-state index contributed by atoms with van der Waals surface area (Å²) >= 11 is 0. The van der Waals surface area contributed by atoms with E-state index in [0.29, 0.717) is 25.6 Å². The van der Waals surface area contributed by atoms with Gasteiger partial charge in [0.15, 0.2) is 5.76 Å². The van der Waals surface area contributed by atoms with Gasteiger partial charge in [-0.3, -0.25) is 9.69 Å². The van der Waals surface area contributed by atoms with Gasteiger partial charge >= 0.3 is 5.97 Å². The molecule has 1 aliphatic heterocycles. The predicted molar refractivity (Wildman–Crippen MR) is 112 cm³/mol. The van der Waals surface area contributed by atoms with Crippen LogP contribution in [-0.4, -0.2) is 34.2 Å². The van der Waals surface area contributed by atoms with Crippen LogP contribution in [0.5, 0.6) is 0 Å². The molecule has 1 saturated carbocycles. The Morgan fingerprint density at radius 2 is 1.83 bits per heavy atom. The highest BCUT2D eigenvalue weighted by molar-refractivity contribution is 5.71. The number of nitrogens with zero attached hydrogens (tertiary/aromatic N) is 2. The van der Waals surface area contributed by atoms with Crippen molar-refractivity contribution in [3.05, 3.63) is 54.0 Å². The lowest BCUT2D eigenvalue weighted by Crippen LogP contribution is -2.49. The molecule has 0 atom stereocenters. The van der Waals surface area contributed by atoms with E-state index in [9.17, 15) is 4.79 Å². The fourth-order valence-corrected chi connectivity index (χ4v) is 4.58. The van der Waals surface area contributed by atoms with E-state index in [0.717, 1.165) is 28.3 Å². The maximum atomic E-state index is 10.9. The summed E-state index contributed by atoms with van der Waals surface area (Å²) in [4.78, 5) is 13.0. The summed E-state index contributed by atoms with van der Waals surface area (Å²) in [6, 6.07) is 12.6. The Balaban J connectivity index is 1.23. The zero-order chi connectivity index (χ0) is 20.5. The Morgan fingerprint density at radius 1 is 1.07 bits per heavy atom. The molecule has 1 N–H and O–H groups in total. The highest BCUT2D eigenvalue weighted by Crippen LogP contribution is 2.34. The van der Waals surface area contributed by atoms with Crippen molar-refractivity contribution in [2.24, 2.45) is 5.92 Å². The van der Waals surface area contributed by atoms with Crippen molar-refractivity contribution in [2.45, 2.75) is 44.6 Å².